The van der Waals surface area contributed by atoms with Crippen LogP contribution >= 0.6 is 0 Å². The van der Waals surface area contributed by atoms with Gasteiger partial charge in [-0.1, -0.05) is 13.0 Å². The van der Waals surface area contributed by atoms with E-state index in [4.69, 9.17) is 0 Å². The molecule has 0 rings (SSSR count). The predicted octanol–water partition coefficient (Wildman–Crippen LogP) is -1.20. The van der Waals surface area contributed by atoms with Gasteiger partial charge in [0, 0.05) is 0 Å². The van der Waals surface area contributed by atoms with Crippen LogP contribution in [0.1, 0.15) is 19.8 Å². The molecule has 0 saturated heterocycles. The molecule has 0 aliphatic carbocycles. The van der Waals surface area contributed by atoms with E-state index in [2.05, 4.69) is 26.0 Å². The second-order valence-corrected chi connectivity index (χ2v) is 1.17. The zero-order valence-electron chi connectivity index (χ0n) is 5.36. The molecule has 0 aliphatic rings. The maximum Gasteiger partial charge on any atom is 2.00 e. The van der Waals surface area contributed by atoms with E-state index >= 15 is 0 Å². The SMILES string of the molecule is [CH2-]C/C=C/CC.[I-].[Mg+2]. The smallest absolute Gasteiger partial charge is 1.00 e. The van der Waals surface area contributed by atoms with Crippen LogP contribution in [0, 0.1) is 6.92 Å². The van der Waals surface area contributed by atoms with Crippen LogP contribution in [0.25, 0.3) is 0 Å². The van der Waals surface area contributed by atoms with Crippen LogP contribution in [0.2, 0.25) is 0 Å². The van der Waals surface area contributed by atoms with Gasteiger partial charge in [-0.25, -0.2) is 0 Å². The third-order valence-corrected chi connectivity index (χ3v) is 0.569. The Labute approximate surface area is 85.3 Å². The van der Waals surface area contributed by atoms with E-state index < -0.39 is 0 Å². The molecule has 0 spiro atoms. The normalized spacial score (nSPS) is 7.75. The summed E-state index contributed by atoms with van der Waals surface area (Å²) in [5.41, 5.74) is 0. The van der Waals surface area contributed by atoms with E-state index in [0.29, 0.717) is 0 Å². The van der Waals surface area contributed by atoms with E-state index in [-0.39, 0.29) is 47.0 Å². The van der Waals surface area contributed by atoms with Gasteiger partial charge in [-0.2, -0.15) is 6.42 Å². The number of allylic oxidation sites excluding steroid dienone is 2. The van der Waals surface area contributed by atoms with Crippen LogP contribution in [0.15, 0.2) is 12.2 Å². The van der Waals surface area contributed by atoms with Gasteiger partial charge >= 0.3 is 23.1 Å². The number of halogens is 1. The molecule has 0 aromatic carbocycles. The molecule has 0 unspecified atom stereocenters. The molecule has 0 saturated carbocycles. The molecule has 0 N–H and O–H groups in total. The van der Waals surface area contributed by atoms with Crippen molar-refractivity contribution in [3.05, 3.63) is 19.1 Å². The molecule has 44 valence electrons. The summed E-state index contributed by atoms with van der Waals surface area (Å²) < 4.78 is 0. The summed E-state index contributed by atoms with van der Waals surface area (Å²) in [6.45, 7) is 5.75. The Hall–Kier alpha value is 1.24. The van der Waals surface area contributed by atoms with Crippen molar-refractivity contribution in [2.75, 3.05) is 0 Å². The fraction of sp³-hybridized carbons (Fsp3) is 0.500. The molecule has 0 fully saturated rings. The second kappa shape index (κ2) is 15.7. The van der Waals surface area contributed by atoms with Crippen molar-refractivity contribution in [1.82, 2.24) is 0 Å². The first-order chi connectivity index (χ1) is 2.91. The topological polar surface area (TPSA) is 0 Å². The predicted molar refractivity (Wildman–Crippen MR) is 35.2 cm³/mol. The molecular formula is C6H11IMg. The first-order valence-corrected chi connectivity index (χ1v) is 2.36. The summed E-state index contributed by atoms with van der Waals surface area (Å²) in [4.78, 5) is 0. The van der Waals surface area contributed by atoms with E-state index in [0.717, 1.165) is 12.8 Å². The monoisotopic (exact) mass is 234 g/mol. The fourth-order valence-electron chi connectivity index (χ4n) is 0.285. The van der Waals surface area contributed by atoms with E-state index in [1.807, 2.05) is 0 Å². The van der Waals surface area contributed by atoms with Crippen molar-refractivity contribution < 1.29 is 24.0 Å². The minimum absolute atomic E-state index is 0. The van der Waals surface area contributed by atoms with E-state index in [9.17, 15) is 0 Å². The second-order valence-electron chi connectivity index (χ2n) is 1.17. The van der Waals surface area contributed by atoms with Gasteiger partial charge in [-0.15, -0.1) is 6.08 Å². The molecule has 2 heteroatoms. The maximum atomic E-state index is 3.64. The van der Waals surface area contributed by atoms with E-state index in [1.165, 1.54) is 0 Å². The Morgan fingerprint density at radius 3 is 2.00 bits per heavy atom. The van der Waals surface area contributed by atoms with Crippen molar-refractivity contribution >= 4 is 23.1 Å². The number of hydrogen-bond donors (Lipinski definition) is 0. The molecule has 0 atom stereocenters. The molecule has 0 aromatic rings. The molecule has 0 aromatic heterocycles. The third-order valence-electron chi connectivity index (χ3n) is 0.569. The van der Waals surface area contributed by atoms with Crippen LogP contribution in [0.3, 0.4) is 0 Å². The van der Waals surface area contributed by atoms with Gasteiger partial charge in [0.15, 0.2) is 0 Å². The van der Waals surface area contributed by atoms with Gasteiger partial charge in [0.25, 0.3) is 0 Å². The van der Waals surface area contributed by atoms with Crippen LogP contribution in [-0.4, -0.2) is 23.1 Å². The standard InChI is InChI=1S/C6H11.HI.Mg/c1-3-5-6-4-2;;/h5-6H,1,3-4H2,2H3;1H;/q-1;;+2/p-1/b6-5+;;. The van der Waals surface area contributed by atoms with Crippen LogP contribution < -0.4 is 24.0 Å². The van der Waals surface area contributed by atoms with Crippen molar-refractivity contribution in [3.63, 3.8) is 0 Å². The summed E-state index contributed by atoms with van der Waals surface area (Å²) in [5, 5.41) is 0. The Morgan fingerprint density at radius 1 is 1.38 bits per heavy atom. The number of hydrogen-bond acceptors (Lipinski definition) is 0. The summed E-state index contributed by atoms with van der Waals surface area (Å²) in [7, 11) is 0. The van der Waals surface area contributed by atoms with Crippen LogP contribution in [0.5, 0.6) is 0 Å². The minimum atomic E-state index is 0. The van der Waals surface area contributed by atoms with E-state index in [1.54, 1.807) is 0 Å². The third kappa shape index (κ3) is 15.7. The Morgan fingerprint density at radius 2 is 1.88 bits per heavy atom. The average molecular weight is 234 g/mol. The van der Waals surface area contributed by atoms with Crippen LogP contribution in [-0.2, 0) is 0 Å². The molecule has 0 nitrogen and oxygen atoms in total. The summed E-state index contributed by atoms with van der Waals surface area (Å²) >= 11 is 0. The van der Waals surface area contributed by atoms with Crippen LogP contribution in [0.4, 0.5) is 0 Å². The molecule has 0 bridgehead atoms. The Bertz CT molecular complexity index is 37.8. The maximum absolute atomic E-state index is 3.64. The van der Waals surface area contributed by atoms with Gasteiger partial charge in [-0.3, -0.25) is 0 Å². The molecule has 0 heterocycles. The zero-order chi connectivity index (χ0) is 4.83. The molecule has 0 radical (unpaired) electrons. The van der Waals surface area contributed by atoms with Crippen molar-refractivity contribution in [2.45, 2.75) is 19.8 Å². The summed E-state index contributed by atoms with van der Waals surface area (Å²) in [5.74, 6) is 0. The summed E-state index contributed by atoms with van der Waals surface area (Å²) in [6.07, 6.45) is 6.25. The van der Waals surface area contributed by atoms with Crippen molar-refractivity contribution in [1.29, 1.82) is 0 Å². The summed E-state index contributed by atoms with van der Waals surface area (Å²) in [6, 6.07) is 0. The Balaban J connectivity index is -0.000000125. The Kier molecular flexibility index (Phi) is 31.7. The van der Waals surface area contributed by atoms with Gasteiger partial charge in [-0.05, 0) is 6.42 Å². The number of rotatable bonds is 2. The zero-order valence-corrected chi connectivity index (χ0v) is 8.93. The quantitative estimate of drug-likeness (QED) is 0.244. The largest absolute Gasteiger partial charge is 2.00 e. The van der Waals surface area contributed by atoms with Crippen molar-refractivity contribution in [3.8, 4) is 0 Å². The molecule has 0 amide bonds. The minimum Gasteiger partial charge on any atom is -1.00 e. The fourth-order valence-corrected chi connectivity index (χ4v) is 0.285. The van der Waals surface area contributed by atoms with Crippen molar-refractivity contribution in [2.24, 2.45) is 0 Å². The van der Waals surface area contributed by atoms with Gasteiger partial charge in [0.2, 0.25) is 0 Å². The van der Waals surface area contributed by atoms with Gasteiger partial charge in [0.1, 0.15) is 0 Å². The first kappa shape index (κ1) is 16.1. The van der Waals surface area contributed by atoms with Gasteiger partial charge < -0.3 is 30.9 Å². The first-order valence-electron chi connectivity index (χ1n) is 2.36. The van der Waals surface area contributed by atoms with Gasteiger partial charge in [0.05, 0.1) is 0 Å². The average Bonchev–Trinajstić information content (AvgIpc) is 1.61. The molecule has 8 heavy (non-hydrogen) atoms. The molecule has 0 aliphatic heterocycles. The molecular weight excluding hydrogens is 223 g/mol.